The smallest absolute Gasteiger partial charge is 0.296 e. The van der Waals surface area contributed by atoms with Gasteiger partial charge in [0.15, 0.2) is 11.5 Å². The molecular formula is C13H16N4O4. The highest BCUT2D eigenvalue weighted by atomic mass is 16.6. The highest BCUT2D eigenvalue weighted by molar-refractivity contribution is 5.68. The number of nitro benzene ring substituents is 1. The van der Waals surface area contributed by atoms with Crippen LogP contribution in [0.3, 0.4) is 0 Å². The molecule has 8 nitrogen and oxygen atoms in total. The minimum atomic E-state index is -0.460. The molecule has 8 heteroatoms. The standard InChI is InChI=1S/C13H16N4O4/c1-20-12-8-10(11(17(18)19)9-13(12)21-2)14-5-7-16-6-3-4-15-16/h3-4,6,8-9,14H,5,7H2,1-2H3. The zero-order chi connectivity index (χ0) is 15.2. The van der Waals surface area contributed by atoms with Crippen molar-refractivity contribution < 1.29 is 14.4 Å². The number of methoxy groups -OCH3 is 2. The maximum absolute atomic E-state index is 11.1. The zero-order valence-electron chi connectivity index (χ0n) is 11.8. The van der Waals surface area contributed by atoms with E-state index >= 15 is 0 Å². The number of benzene rings is 1. The average Bonchev–Trinajstić information content (AvgIpc) is 2.99. The van der Waals surface area contributed by atoms with E-state index in [9.17, 15) is 10.1 Å². The second-order valence-electron chi connectivity index (χ2n) is 4.18. The molecule has 0 aliphatic heterocycles. The molecule has 0 saturated carbocycles. The molecule has 2 aromatic rings. The molecule has 0 radical (unpaired) electrons. The van der Waals surface area contributed by atoms with Crippen molar-refractivity contribution in [1.29, 1.82) is 0 Å². The van der Waals surface area contributed by atoms with Crippen LogP contribution in [0.2, 0.25) is 0 Å². The van der Waals surface area contributed by atoms with Gasteiger partial charge in [0, 0.05) is 25.0 Å². The molecule has 1 aromatic carbocycles. The Morgan fingerprint density at radius 3 is 2.62 bits per heavy atom. The largest absolute Gasteiger partial charge is 0.493 e. The fourth-order valence-electron chi connectivity index (χ4n) is 1.90. The number of hydrogen-bond acceptors (Lipinski definition) is 6. The minimum Gasteiger partial charge on any atom is -0.493 e. The van der Waals surface area contributed by atoms with Crippen molar-refractivity contribution in [2.24, 2.45) is 0 Å². The molecule has 2 rings (SSSR count). The molecule has 0 bridgehead atoms. The topological polar surface area (TPSA) is 91.5 Å². The van der Waals surface area contributed by atoms with Crippen LogP contribution in [0.1, 0.15) is 0 Å². The molecule has 0 spiro atoms. The Balaban J connectivity index is 2.17. The van der Waals surface area contributed by atoms with E-state index in [4.69, 9.17) is 9.47 Å². The molecule has 0 aliphatic rings. The molecule has 0 atom stereocenters. The highest BCUT2D eigenvalue weighted by Gasteiger charge is 2.19. The van der Waals surface area contributed by atoms with E-state index in [1.54, 1.807) is 16.9 Å². The van der Waals surface area contributed by atoms with E-state index in [-0.39, 0.29) is 5.69 Å². The Morgan fingerprint density at radius 1 is 1.33 bits per heavy atom. The number of rotatable bonds is 7. The number of nitro groups is 1. The number of nitrogens with one attached hydrogen (secondary N) is 1. The Morgan fingerprint density at radius 2 is 2.05 bits per heavy atom. The number of ether oxygens (including phenoxy) is 2. The first-order chi connectivity index (χ1) is 10.2. The lowest BCUT2D eigenvalue weighted by atomic mass is 10.2. The maximum Gasteiger partial charge on any atom is 0.296 e. The van der Waals surface area contributed by atoms with Gasteiger partial charge >= 0.3 is 0 Å². The highest BCUT2D eigenvalue weighted by Crippen LogP contribution is 2.37. The summed E-state index contributed by atoms with van der Waals surface area (Å²) in [7, 11) is 2.92. The lowest BCUT2D eigenvalue weighted by Crippen LogP contribution is -2.12. The predicted molar refractivity (Wildman–Crippen MR) is 76.9 cm³/mol. The van der Waals surface area contributed by atoms with Crippen LogP contribution >= 0.6 is 0 Å². The molecule has 0 unspecified atom stereocenters. The van der Waals surface area contributed by atoms with Crippen LogP contribution in [-0.2, 0) is 6.54 Å². The van der Waals surface area contributed by atoms with Gasteiger partial charge in [-0.3, -0.25) is 14.8 Å². The summed E-state index contributed by atoms with van der Waals surface area (Å²) in [5.41, 5.74) is 0.318. The van der Waals surface area contributed by atoms with E-state index in [2.05, 4.69) is 10.4 Å². The Bertz CT molecular complexity index is 613. The van der Waals surface area contributed by atoms with E-state index in [1.807, 2.05) is 12.3 Å². The third kappa shape index (κ3) is 3.41. The monoisotopic (exact) mass is 292 g/mol. The fourth-order valence-corrected chi connectivity index (χ4v) is 1.90. The zero-order valence-corrected chi connectivity index (χ0v) is 11.8. The van der Waals surface area contributed by atoms with Crippen molar-refractivity contribution in [3.63, 3.8) is 0 Å². The average molecular weight is 292 g/mol. The van der Waals surface area contributed by atoms with Crippen molar-refractivity contribution in [2.45, 2.75) is 6.54 Å². The molecule has 112 valence electrons. The van der Waals surface area contributed by atoms with Crippen molar-refractivity contribution in [1.82, 2.24) is 9.78 Å². The summed E-state index contributed by atoms with van der Waals surface area (Å²) in [6.45, 7) is 1.09. The SMILES string of the molecule is COc1cc(NCCn2cccn2)c([N+](=O)[O-])cc1OC. The summed E-state index contributed by atoms with van der Waals surface area (Å²) in [6, 6.07) is 4.72. The lowest BCUT2D eigenvalue weighted by Gasteiger charge is -2.12. The normalized spacial score (nSPS) is 10.2. The third-order valence-electron chi connectivity index (χ3n) is 2.91. The predicted octanol–water partition coefficient (Wildman–Crippen LogP) is 1.92. The van der Waals surface area contributed by atoms with E-state index in [0.29, 0.717) is 30.3 Å². The summed E-state index contributed by atoms with van der Waals surface area (Å²) in [6.07, 6.45) is 3.50. The minimum absolute atomic E-state index is 0.0619. The summed E-state index contributed by atoms with van der Waals surface area (Å²) >= 11 is 0. The van der Waals surface area contributed by atoms with Crippen LogP contribution < -0.4 is 14.8 Å². The van der Waals surface area contributed by atoms with Crippen LogP contribution in [-0.4, -0.2) is 35.5 Å². The quantitative estimate of drug-likeness (QED) is 0.619. The van der Waals surface area contributed by atoms with Crippen LogP contribution in [0.5, 0.6) is 11.5 Å². The second-order valence-corrected chi connectivity index (χ2v) is 4.18. The van der Waals surface area contributed by atoms with Crippen molar-refractivity contribution >= 4 is 11.4 Å². The van der Waals surface area contributed by atoms with Crippen LogP contribution in [0.15, 0.2) is 30.6 Å². The van der Waals surface area contributed by atoms with E-state index < -0.39 is 4.92 Å². The Labute approximate surface area is 121 Å². The van der Waals surface area contributed by atoms with Crippen molar-refractivity contribution in [3.05, 3.63) is 40.7 Å². The van der Waals surface area contributed by atoms with Gasteiger partial charge in [-0.15, -0.1) is 0 Å². The molecule has 0 saturated heterocycles. The third-order valence-corrected chi connectivity index (χ3v) is 2.91. The van der Waals surface area contributed by atoms with Gasteiger partial charge in [0.05, 0.1) is 31.8 Å². The first-order valence-electron chi connectivity index (χ1n) is 6.27. The lowest BCUT2D eigenvalue weighted by molar-refractivity contribution is -0.384. The molecule has 1 heterocycles. The van der Waals surface area contributed by atoms with Gasteiger partial charge in [-0.1, -0.05) is 0 Å². The Hall–Kier alpha value is -2.77. The molecule has 0 amide bonds. The molecule has 21 heavy (non-hydrogen) atoms. The van der Waals surface area contributed by atoms with E-state index in [1.165, 1.54) is 20.3 Å². The second kappa shape index (κ2) is 6.60. The van der Waals surface area contributed by atoms with Gasteiger partial charge in [-0.2, -0.15) is 5.10 Å². The number of nitrogens with zero attached hydrogens (tertiary/aromatic N) is 3. The van der Waals surface area contributed by atoms with Crippen molar-refractivity contribution in [2.75, 3.05) is 26.1 Å². The van der Waals surface area contributed by atoms with Gasteiger partial charge < -0.3 is 14.8 Å². The molecule has 0 aliphatic carbocycles. The van der Waals surface area contributed by atoms with Gasteiger partial charge in [-0.05, 0) is 6.07 Å². The maximum atomic E-state index is 11.1. The summed E-state index contributed by atoms with van der Waals surface area (Å²) in [4.78, 5) is 10.7. The summed E-state index contributed by atoms with van der Waals surface area (Å²) < 4.78 is 12.0. The van der Waals surface area contributed by atoms with Gasteiger partial charge in [0.2, 0.25) is 0 Å². The number of hydrogen-bond donors (Lipinski definition) is 1. The first-order valence-corrected chi connectivity index (χ1v) is 6.27. The van der Waals surface area contributed by atoms with Gasteiger partial charge in [-0.25, -0.2) is 0 Å². The Kier molecular flexibility index (Phi) is 4.60. The van der Waals surface area contributed by atoms with Crippen LogP contribution in [0.4, 0.5) is 11.4 Å². The summed E-state index contributed by atoms with van der Waals surface area (Å²) in [5.74, 6) is 0.756. The van der Waals surface area contributed by atoms with Crippen molar-refractivity contribution in [3.8, 4) is 11.5 Å². The first kappa shape index (κ1) is 14.6. The van der Waals surface area contributed by atoms with Gasteiger partial charge in [0.25, 0.3) is 5.69 Å². The molecule has 1 N–H and O–H groups in total. The van der Waals surface area contributed by atoms with E-state index in [0.717, 1.165) is 0 Å². The summed E-state index contributed by atoms with van der Waals surface area (Å²) in [5, 5.41) is 18.2. The fraction of sp³-hybridized carbons (Fsp3) is 0.308. The number of aromatic nitrogens is 2. The van der Waals surface area contributed by atoms with Crippen LogP contribution in [0.25, 0.3) is 0 Å². The number of anilines is 1. The molecule has 0 fully saturated rings. The molecular weight excluding hydrogens is 276 g/mol. The van der Waals surface area contributed by atoms with Crippen LogP contribution in [0, 0.1) is 10.1 Å². The molecule has 1 aromatic heterocycles. The van der Waals surface area contributed by atoms with Gasteiger partial charge in [0.1, 0.15) is 5.69 Å².